The molecule has 1 spiro atoms. The van der Waals surface area contributed by atoms with Crippen molar-refractivity contribution in [3.05, 3.63) is 39.4 Å². The molecule has 25 heavy (non-hydrogen) atoms. The van der Waals surface area contributed by atoms with Crippen molar-refractivity contribution in [3.63, 3.8) is 0 Å². The first-order valence-electron chi connectivity index (χ1n) is 8.08. The molecule has 3 rings (SSSR count). The fourth-order valence-electron chi connectivity index (χ4n) is 3.62. The highest BCUT2D eigenvalue weighted by atomic mass is 19.4. The molecule has 2 aliphatic heterocycles. The Morgan fingerprint density at radius 2 is 1.92 bits per heavy atom. The zero-order valence-corrected chi connectivity index (χ0v) is 13.4. The number of rotatable bonds is 2. The third kappa shape index (κ3) is 3.46. The van der Waals surface area contributed by atoms with Crippen LogP contribution in [0.4, 0.5) is 18.9 Å². The quantitative estimate of drug-likeness (QED) is 0.652. The molecule has 9 heteroatoms. The zero-order chi connectivity index (χ0) is 18.2. The third-order valence-corrected chi connectivity index (χ3v) is 5.20. The second kappa shape index (κ2) is 6.29. The van der Waals surface area contributed by atoms with Crippen LogP contribution in [0.1, 0.15) is 35.2 Å². The number of alkyl halides is 3. The predicted molar refractivity (Wildman–Crippen MR) is 83.2 cm³/mol. The van der Waals surface area contributed by atoms with Gasteiger partial charge in [0.15, 0.2) is 0 Å². The van der Waals surface area contributed by atoms with E-state index >= 15 is 0 Å². The molecular weight excluding hydrogens is 339 g/mol. The maximum absolute atomic E-state index is 12.8. The summed E-state index contributed by atoms with van der Waals surface area (Å²) in [5, 5.41) is 14.5. The normalized spacial score (nSPS) is 20.0. The van der Waals surface area contributed by atoms with E-state index in [-0.39, 0.29) is 11.0 Å². The van der Waals surface area contributed by atoms with Gasteiger partial charge in [0.2, 0.25) is 0 Å². The minimum Gasteiger partial charge on any atom is -0.338 e. The molecule has 2 aliphatic rings. The van der Waals surface area contributed by atoms with Crippen LogP contribution in [0.15, 0.2) is 18.2 Å². The highest BCUT2D eigenvalue weighted by Crippen LogP contribution is 2.38. The van der Waals surface area contributed by atoms with Crippen LogP contribution in [-0.4, -0.2) is 41.9 Å². The van der Waals surface area contributed by atoms with Gasteiger partial charge in [0.05, 0.1) is 10.5 Å². The number of hydrogen-bond acceptors (Lipinski definition) is 4. The molecule has 0 aromatic heterocycles. The lowest BCUT2D eigenvalue weighted by Crippen LogP contribution is -2.44. The average molecular weight is 357 g/mol. The maximum atomic E-state index is 12.8. The molecule has 1 aromatic rings. The number of nitrogens with zero attached hydrogens (tertiary/aromatic N) is 2. The van der Waals surface area contributed by atoms with Crippen LogP contribution in [0.5, 0.6) is 0 Å². The number of halogens is 3. The fraction of sp³-hybridized carbons (Fsp3) is 0.562. The molecule has 1 aromatic carbocycles. The summed E-state index contributed by atoms with van der Waals surface area (Å²) in [7, 11) is 0. The minimum atomic E-state index is -4.70. The second-order valence-electron chi connectivity index (χ2n) is 6.71. The SMILES string of the molecule is O=C(c1ccc(C(F)(F)F)cc1[N+](=O)[O-])N1CCC2(CCNC2)CC1. The van der Waals surface area contributed by atoms with Gasteiger partial charge in [0, 0.05) is 25.7 Å². The van der Waals surface area contributed by atoms with Crippen LogP contribution >= 0.6 is 0 Å². The van der Waals surface area contributed by atoms with Gasteiger partial charge < -0.3 is 10.2 Å². The van der Waals surface area contributed by atoms with Crippen molar-refractivity contribution in [1.29, 1.82) is 0 Å². The predicted octanol–water partition coefficient (Wildman–Crippen LogP) is 2.83. The monoisotopic (exact) mass is 357 g/mol. The van der Waals surface area contributed by atoms with Gasteiger partial charge in [-0.2, -0.15) is 13.2 Å². The van der Waals surface area contributed by atoms with Gasteiger partial charge in [-0.3, -0.25) is 14.9 Å². The smallest absolute Gasteiger partial charge is 0.338 e. The molecule has 6 nitrogen and oxygen atoms in total. The van der Waals surface area contributed by atoms with Crippen molar-refractivity contribution in [1.82, 2.24) is 10.2 Å². The number of likely N-dealkylation sites (tertiary alicyclic amines) is 1. The second-order valence-corrected chi connectivity index (χ2v) is 6.71. The molecule has 1 N–H and O–H groups in total. The lowest BCUT2D eigenvalue weighted by Gasteiger charge is -2.38. The van der Waals surface area contributed by atoms with Gasteiger partial charge in [0.25, 0.3) is 11.6 Å². The molecule has 0 radical (unpaired) electrons. The molecule has 2 fully saturated rings. The number of benzene rings is 1. The van der Waals surface area contributed by atoms with Gasteiger partial charge in [-0.1, -0.05) is 0 Å². The van der Waals surface area contributed by atoms with Crippen molar-refractivity contribution in [2.45, 2.75) is 25.4 Å². The summed E-state index contributed by atoms with van der Waals surface area (Å²) in [5.41, 5.74) is -2.06. The van der Waals surface area contributed by atoms with E-state index in [1.54, 1.807) is 0 Å². The summed E-state index contributed by atoms with van der Waals surface area (Å²) >= 11 is 0. The van der Waals surface area contributed by atoms with E-state index in [4.69, 9.17) is 0 Å². The summed E-state index contributed by atoms with van der Waals surface area (Å²) in [6.45, 7) is 2.76. The molecule has 1 amide bonds. The van der Waals surface area contributed by atoms with E-state index in [0.717, 1.165) is 38.4 Å². The molecule has 2 heterocycles. The molecule has 2 saturated heterocycles. The van der Waals surface area contributed by atoms with Gasteiger partial charge in [-0.25, -0.2) is 0 Å². The molecular formula is C16H18F3N3O3. The summed E-state index contributed by atoms with van der Waals surface area (Å²) < 4.78 is 38.3. The first-order chi connectivity index (χ1) is 11.7. The molecule has 136 valence electrons. The average Bonchev–Trinajstić information content (AvgIpc) is 3.01. The van der Waals surface area contributed by atoms with Crippen molar-refractivity contribution >= 4 is 11.6 Å². The Bertz CT molecular complexity index is 690. The Labute approximate surface area is 142 Å². The zero-order valence-electron chi connectivity index (χ0n) is 13.4. The number of piperidine rings is 1. The van der Waals surface area contributed by atoms with Crippen LogP contribution in [0.3, 0.4) is 0 Å². The topological polar surface area (TPSA) is 75.5 Å². The minimum absolute atomic E-state index is 0.169. The summed E-state index contributed by atoms with van der Waals surface area (Å²) in [6.07, 6.45) is -2.07. The number of carbonyl (C=O) groups excluding carboxylic acids is 1. The maximum Gasteiger partial charge on any atom is 0.416 e. The lowest BCUT2D eigenvalue weighted by molar-refractivity contribution is -0.385. The Kier molecular flexibility index (Phi) is 4.44. The van der Waals surface area contributed by atoms with Gasteiger partial charge in [-0.05, 0) is 43.4 Å². The van der Waals surface area contributed by atoms with Gasteiger partial charge >= 0.3 is 6.18 Å². The van der Waals surface area contributed by atoms with E-state index in [0.29, 0.717) is 25.2 Å². The molecule has 0 saturated carbocycles. The Morgan fingerprint density at radius 1 is 1.24 bits per heavy atom. The number of hydrogen-bond donors (Lipinski definition) is 1. The highest BCUT2D eigenvalue weighted by molar-refractivity contribution is 5.98. The highest BCUT2D eigenvalue weighted by Gasteiger charge is 2.40. The van der Waals surface area contributed by atoms with Crippen LogP contribution < -0.4 is 5.32 Å². The number of nitrogens with one attached hydrogen (secondary N) is 1. The summed E-state index contributed by atoms with van der Waals surface area (Å²) in [6, 6.07) is 2.05. The summed E-state index contributed by atoms with van der Waals surface area (Å²) in [4.78, 5) is 24.3. The van der Waals surface area contributed by atoms with E-state index in [1.165, 1.54) is 4.90 Å². The molecule has 0 unspecified atom stereocenters. The van der Waals surface area contributed by atoms with E-state index < -0.39 is 28.3 Å². The molecule has 0 atom stereocenters. The number of nitro groups is 1. The largest absolute Gasteiger partial charge is 0.416 e. The van der Waals surface area contributed by atoms with E-state index in [2.05, 4.69) is 5.32 Å². The van der Waals surface area contributed by atoms with Crippen molar-refractivity contribution in [3.8, 4) is 0 Å². The van der Waals surface area contributed by atoms with Gasteiger partial charge in [0.1, 0.15) is 5.56 Å². The molecule has 0 bridgehead atoms. The lowest BCUT2D eigenvalue weighted by atomic mass is 9.78. The third-order valence-electron chi connectivity index (χ3n) is 5.20. The summed E-state index contributed by atoms with van der Waals surface area (Å²) in [5.74, 6) is -0.582. The van der Waals surface area contributed by atoms with Crippen LogP contribution in [-0.2, 0) is 6.18 Å². The van der Waals surface area contributed by atoms with Crippen molar-refractivity contribution < 1.29 is 22.9 Å². The van der Waals surface area contributed by atoms with E-state index in [1.807, 2.05) is 0 Å². The standard InChI is InChI=1S/C16H18F3N3O3/c17-16(18,19)11-1-2-12(13(9-11)22(24)25)14(23)21-7-4-15(5-8-21)3-6-20-10-15/h1-2,9,20H,3-8,10H2. The van der Waals surface area contributed by atoms with E-state index in [9.17, 15) is 28.1 Å². The Hall–Kier alpha value is -2.16. The Balaban J connectivity index is 1.81. The first kappa shape index (κ1) is 17.7. The molecule has 0 aliphatic carbocycles. The Morgan fingerprint density at radius 3 is 2.44 bits per heavy atom. The number of amides is 1. The van der Waals surface area contributed by atoms with Crippen molar-refractivity contribution in [2.24, 2.45) is 5.41 Å². The van der Waals surface area contributed by atoms with Crippen molar-refractivity contribution in [2.75, 3.05) is 26.2 Å². The van der Waals surface area contributed by atoms with Crippen LogP contribution in [0, 0.1) is 15.5 Å². The van der Waals surface area contributed by atoms with Gasteiger partial charge in [-0.15, -0.1) is 0 Å². The van der Waals surface area contributed by atoms with Crippen LogP contribution in [0.25, 0.3) is 0 Å². The fourth-order valence-corrected chi connectivity index (χ4v) is 3.62. The first-order valence-corrected chi connectivity index (χ1v) is 8.08. The van der Waals surface area contributed by atoms with Crippen LogP contribution in [0.2, 0.25) is 0 Å². The number of nitro benzene ring substituents is 1. The number of carbonyl (C=O) groups is 1.